The monoisotopic (exact) mass is 409 g/mol. The second kappa shape index (κ2) is 8.11. The van der Waals surface area contributed by atoms with Crippen molar-refractivity contribution in [3.05, 3.63) is 74.7 Å². The van der Waals surface area contributed by atoms with Gasteiger partial charge in [-0.05, 0) is 36.8 Å². The molecule has 4 rings (SSSR count). The first-order valence-electron chi connectivity index (χ1n) is 9.78. The smallest absolute Gasteiger partial charge is 0.376 e. The number of benzene rings is 1. The van der Waals surface area contributed by atoms with E-state index < -0.39 is 16.2 Å². The summed E-state index contributed by atoms with van der Waals surface area (Å²) in [5, 5.41) is 11.7. The normalized spacial score (nSPS) is 15.9. The zero-order valence-electron chi connectivity index (χ0n) is 16.9. The van der Waals surface area contributed by atoms with E-state index >= 15 is 0 Å². The maximum absolute atomic E-state index is 12.7. The lowest BCUT2D eigenvalue weighted by Crippen LogP contribution is -2.48. The van der Waals surface area contributed by atoms with Crippen LogP contribution >= 0.6 is 0 Å². The Kier molecular flexibility index (Phi) is 5.37. The molecule has 0 aliphatic carbocycles. The molecule has 156 valence electrons. The quantitative estimate of drug-likeness (QED) is 0.472. The molecule has 30 heavy (non-hydrogen) atoms. The number of methoxy groups -OCH3 is 1. The van der Waals surface area contributed by atoms with Gasteiger partial charge in [-0.3, -0.25) is 24.2 Å². The number of nitrogens with zero attached hydrogens (tertiary/aromatic N) is 5. The van der Waals surface area contributed by atoms with Crippen LogP contribution in [0.3, 0.4) is 0 Å². The molecule has 9 nitrogen and oxygen atoms in total. The first kappa shape index (κ1) is 19.8. The second-order valence-corrected chi connectivity index (χ2v) is 7.25. The molecular weight excluding hydrogens is 386 g/mol. The van der Waals surface area contributed by atoms with Crippen molar-refractivity contribution in [2.24, 2.45) is 0 Å². The number of fused-ring (bicyclic) bond motifs is 1. The van der Waals surface area contributed by atoms with Crippen molar-refractivity contribution in [2.45, 2.75) is 13.0 Å². The third-order valence-electron chi connectivity index (χ3n) is 5.61. The van der Waals surface area contributed by atoms with E-state index in [1.54, 1.807) is 25.3 Å². The van der Waals surface area contributed by atoms with Crippen LogP contribution in [0.2, 0.25) is 0 Å². The van der Waals surface area contributed by atoms with Gasteiger partial charge < -0.3 is 9.64 Å². The van der Waals surface area contributed by atoms with Crippen LogP contribution < -0.4 is 15.2 Å². The van der Waals surface area contributed by atoms with Crippen LogP contribution in [0.1, 0.15) is 18.5 Å². The van der Waals surface area contributed by atoms with Crippen LogP contribution in [0.5, 0.6) is 5.75 Å². The van der Waals surface area contributed by atoms with Crippen molar-refractivity contribution in [1.29, 1.82) is 0 Å². The number of aromatic nitrogens is 2. The van der Waals surface area contributed by atoms with Gasteiger partial charge in [0.05, 0.1) is 12.0 Å². The topological polar surface area (TPSA) is 93.2 Å². The fraction of sp³-hybridized carbons (Fsp3) is 0.333. The molecule has 0 N–H and O–H groups in total. The van der Waals surface area contributed by atoms with Crippen LogP contribution in [0.15, 0.2) is 53.5 Å². The molecule has 3 aromatic rings. The number of hydrogen-bond acceptors (Lipinski definition) is 7. The van der Waals surface area contributed by atoms with Gasteiger partial charge in [-0.2, -0.15) is 0 Å². The molecule has 1 aliphatic rings. The summed E-state index contributed by atoms with van der Waals surface area (Å²) >= 11 is 0. The average molecular weight is 409 g/mol. The minimum absolute atomic E-state index is 0.143. The molecular formula is C21H23N5O4. The zero-order valence-corrected chi connectivity index (χ0v) is 16.9. The second-order valence-electron chi connectivity index (χ2n) is 7.25. The van der Waals surface area contributed by atoms with Gasteiger partial charge in [-0.25, -0.2) is 4.98 Å². The van der Waals surface area contributed by atoms with Gasteiger partial charge in [0.1, 0.15) is 11.4 Å². The maximum Gasteiger partial charge on any atom is 0.376 e. The predicted octanol–water partition coefficient (Wildman–Crippen LogP) is 2.49. The summed E-state index contributed by atoms with van der Waals surface area (Å²) in [5.41, 5.74) is 0.409. The minimum Gasteiger partial charge on any atom is -0.497 e. The molecule has 0 bridgehead atoms. The van der Waals surface area contributed by atoms with E-state index in [0.29, 0.717) is 31.8 Å². The highest BCUT2D eigenvalue weighted by molar-refractivity contribution is 5.61. The van der Waals surface area contributed by atoms with Crippen LogP contribution in [0.25, 0.3) is 5.65 Å². The molecule has 0 radical (unpaired) electrons. The zero-order chi connectivity index (χ0) is 21.3. The van der Waals surface area contributed by atoms with E-state index in [0.717, 1.165) is 11.3 Å². The molecule has 3 heterocycles. The van der Waals surface area contributed by atoms with Crippen molar-refractivity contribution in [1.82, 2.24) is 14.3 Å². The summed E-state index contributed by atoms with van der Waals surface area (Å²) in [5.74, 6) is 0.958. The van der Waals surface area contributed by atoms with Gasteiger partial charge in [-0.1, -0.05) is 18.2 Å². The first-order valence-corrected chi connectivity index (χ1v) is 9.78. The Bertz CT molecular complexity index is 1140. The van der Waals surface area contributed by atoms with Crippen molar-refractivity contribution >= 4 is 17.2 Å². The number of hydrogen-bond donors (Lipinski definition) is 0. The highest BCUT2D eigenvalue weighted by Crippen LogP contribution is 2.28. The van der Waals surface area contributed by atoms with Crippen LogP contribution in [0.4, 0.5) is 11.5 Å². The van der Waals surface area contributed by atoms with E-state index in [9.17, 15) is 14.9 Å². The Balaban J connectivity index is 1.58. The third kappa shape index (κ3) is 3.59. The minimum atomic E-state index is -0.659. The highest BCUT2D eigenvalue weighted by Gasteiger charge is 2.31. The van der Waals surface area contributed by atoms with Crippen LogP contribution in [-0.4, -0.2) is 52.5 Å². The third-order valence-corrected chi connectivity index (χ3v) is 5.61. The number of piperazine rings is 1. The van der Waals surface area contributed by atoms with Gasteiger partial charge in [0.25, 0.3) is 0 Å². The molecule has 1 fully saturated rings. The number of pyridine rings is 1. The fourth-order valence-electron chi connectivity index (χ4n) is 3.88. The van der Waals surface area contributed by atoms with Crippen molar-refractivity contribution in [3.63, 3.8) is 0 Å². The molecule has 2 aromatic heterocycles. The van der Waals surface area contributed by atoms with E-state index in [1.165, 1.54) is 10.6 Å². The van der Waals surface area contributed by atoms with E-state index in [2.05, 4.69) is 22.9 Å². The van der Waals surface area contributed by atoms with E-state index in [1.807, 2.05) is 23.1 Å². The molecule has 1 aromatic carbocycles. The lowest BCUT2D eigenvalue weighted by atomic mass is 10.1. The van der Waals surface area contributed by atoms with Crippen LogP contribution in [0, 0.1) is 10.1 Å². The highest BCUT2D eigenvalue weighted by atomic mass is 16.6. The molecule has 1 atom stereocenters. The Morgan fingerprint density at radius 3 is 2.60 bits per heavy atom. The van der Waals surface area contributed by atoms with Gasteiger partial charge in [0.2, 0.25) is 5.82 Å². The van der Waals surface area contributed by atoms with Crippen molar-refractivity contribution in [2.75, 3.05) is 38.2 Å². The summed E-state index contributed by atoms with van der Waals surface area (Å²) in [6, 6.07) is 13.2. The first-order chi connectivity index (χ1) is 14.5. The molecule has 1 saturated heterocycles. The largest absolute Gasteiger partial charge is 0.497 e. The number of anilines is 1. The summed E-state index contributed by atoms with van der Waals surface area (Å²) in [4.78, 5) is 32.3. The predicted molar refractivity (Wildman–Crippen MR) is 113 cm³/mol. The number of ether oxygens (including phenoxy) is 1. The maximum atomic E-state index is 12.7. The Labute approximate surface area is 173 Å². The van der Waals surface area contributed by atoms with Crippen molar-refractivity contribution < 1.29 is 9.66 Å². The lowest BCUT2D eigenvalue weighted by Gasteiger charge is -2.38. The Morgan fingerprint density at radius 2 is 1.90 bits per heavy atom. The van der Waals surface area contributed by atoms with E-state index in [4.69, 9.17) is 4.74 Å². The summed E-state index contributed by atoms with van der Waals surface area (Å²) in [6.07, 6.45) is 1.50. The number of rotatable bonds is 5. The van der Waals surface area contributed by atoms with Gasteiger partial charge in [0, 0.05) is 38.4 Å². The molecule has 1 unspecified atom stereocenters. The molecule has 0 spiro atoms. The molecule has 1 aliphatic heterocycles. The number of nitro groups is 1. The molecule has 0 amide bonds. The fourth-order valence-corrected chi connectivity index (χ4v) is 3.88. The van der Waals surface area contributed by atoms with E-state index in [-0.39, 0.29) is 11.9 Å². The average Bonchev–Trinajstić information content (AvgIpc) is 2.78. The Morgan fingerprint density at radius 1 is 1.13 bits per heavy atom. The summed E-state index contributed by atoms with van der Waals surface area (Å²) in [7, 11) is 1.65. The SMILES string of the molecule is COc1cccc(C(C)N2CCN(c3nc4ccccn4c(=O)c3[N+](=O)[O-])CC2)c1. The Hall–Kier alpha value is -3.46. The van der Waals surface area contributed by atoms with Crippen molar-refractivity contribution in [3.8, 4) is 5.75 Å². The van der Waals surface area contributed by atoms with Gasteiger partial charge in [0.15, 0.2) is 0 Å². The van der Waals surface area contributed by atoms with Crippen LogP contribution in [-0.2, 0) is 0 Å². The molecule has 9 heteroatoms. The van der Waals surface area contributed by atoms with Gasteiger partial charge in [-0.15, -0.1) is 0 Å². The summed E-state index contributed by atoms with van der Waals surface area (Å²) < 4.78 is 6.53. The summed E-state index contributed by atoms with van der Waals surface area (Å²) in [6.45, 7) is 4.62. The molecule has 0 saturated carbocycles. The standard InChI is InChI=1S/C21H23N5O4/c1-15(16-6-5-7-17(14-16)30-2)23-10-12-24(13-11-23)20-19(26(28)29)21(27)25-9-4-3-8-18(25)22-20/h3-9,14-15H,10-13H2,1-2H3. The lowest BCUT2D eigenvalue weighted by molar-refractivity contribution is -0.385. The van der Waals surface area contributed by atoms with Gasteiger partial charge >= 0.3 is 11.2 Å².